The molecule has 3 rings (SSSR count). The fourth-order valence-corrected chi connectivity index (χ4v) is 2.25. The fraction of sp³-hybridized carbons (Fsp3) is 0. The maximum Gasteiger partial charge on any atom is 0.138 e. The van der Waals surface area contributed by atoms with E-state index >= 15 is 0 Å². The molecule has 0 spiro atoms. The number of aromatic amines is 1. The zero-order valence-electron chi connectivity index (χ0n) is 9.31. The van der Waals surface area contributed by atoms with Crippen LogP contribution in [0, 0.1) is 11.3 Å². The van der Waals surface area contributed by atoms with Crippen LogP contribution in [0.1, 0.15) is 5.56 Å². The lowest BCUT2D eigenvalue weighted by molar-refractivity contribution is 1.33. The summed E-state index contributed by atoms with van der Waals surface area (Å²) in [6, 6.07) is 15.5. The zero-order valence-corrected chi connectivity index (χ0v) is 10.9. The van der Waals surface area contributed by atoms with Crippen molar-refractivity contribution in [3.05, 3.63) is 52.5 Å². The summed E-state index contributed by atoms with van der Waals surface area (Å²) >= 11 is 3.44. The summed E-state index contributed by atoms with van der Waals surface area (Å²) in [5, 5.41) is 8.87. The van der Waals surface area contributed by atoms with Crippen molar-refractivity contribution in [3.63, 3.8) is 0 Å². The van der Waals surface area contributed by atoms with Crippen LogP contribution in [0.4, 0.5) is 0 Å². The predicted octanol–water partition coefficient (Wildman–Crippen LogP) is 3.86. The van der Waals surface area contributed by atoms with Gasteiger partial charge in [0.15, 0.2) is 0 Å². The molecule has 0 unspecified atom stereocenters. The lowest BCUT2D eigenvalue weighted by atomic mass is 10.2. The van der Waals surface area contributed by atoms with Crippen LogP contribution in [0.15, 0.2) is 46.9 Å². The molecule has 0 atom stereocenters. The van der Waals surface area contributed by atoms with Crippen LogP contribution >= 0.6 is 15.9 Å². The van der Waals surface area contributed by atoms with E-state index in [2.05, 4.69) is 32.0 Å². The number of benzene rings is 2. The topological polar surface area (TPSA) is 52.5 Å². The molecule has 0 fully saturated rings. The van der Waals surface area contributed by atoms with Gasteiger partial charge in [0.05, 0.1) is 22.7 Å². The second-order valence-electron chi connectivity index (χ2n) is 3.94. The van der Waals surface area contributed by atoms with E-state index in [1.165, 1.54) is 0 Å². The second-order valence-corrected chi connectivity index (χ2v) is 4.86. The van der Waals surface area contributed by atoms with Gasteiger partial charge in [0.2, 0.25) is 0 Å². The molecule has 4 heteroatoms. The summed E-state index contributed by atoms with van der Waals surface area (Å²) in [7, 11) is 0. The molecule has 0 aliphatic rings. The predicted molar refractivity (Wildman–Crippen MR) is 73.9 cm³/mol. The van der Waals surface area contributed by atoms with Crippen molar-refractivity contribution in [2.24, 2.45) is 0 Å². The maximum absolute atomic E-state index is 8.87. The normalized spacial score (nSPS) is 10.4. The Kier molecular flexibility index (Phi) is 2.62. The van der Waals surface area contributed by atoms with E-state index in [1.54, 1.807) is 6.07 Å². The van der Waals surface area contributed by atoms with E-state index in [0.29, 0.717) is 5.56 Å². The van der Waals surface area contributed by atoms with Crippen LogP contribution in [0.2, 0.25) is 0 Å². The molecule has 0 aliphatic carbocycles. The SMILES string of the molecule is N#Cc1ccc2nc(-c3cccc(Br)c3)[nH]c2c1. The van der Waals surface area contributed by atoms with Crippen molar-refractivity contribution in [1.82, 2.24) is 9.97 Å². The van der Waals surface area contributed by atoms with Gasteiger partial charge in [0, 0.05) is 10.0 Å². The highest BCUT2D eigenvalue weighted by molar-refractivity contribution is 9.10. The molecule has 0 bridgehead atoms. The number of rotatable bonds is 1. The zero-order chi connectivity index (χ0) is 12.5. The Balaban J connectivity index is 2.17. The smallest absolute Gasteiger partial charge is 0.138 e. The largest absolute Gasteiger partial charge is 0.338 e. The number of aromatic nitrogens is 2. The van der Waals surface area contributed by atoms with Crippen LogP contribution in [-0.2, 0) is 0 Å². The van der Waals surface area contributed by atoms with Crippen molar-refractivity contribution >= 4 is 27.0 Å². The second kappa shape index (κ2) is 4.28. The molecule has 3 aromatic rings. The fourth-order valence-electron chi connectivity index (χ4n) is 1.85. The number of nitriles is 1. The summed E-state index contributed by atoms with van der Waals surface area (Å²) in [4.78, 5) is 7.74. The first-order valence-electron chi connectivity index (χ1n) is 5.42. The molecule has 18 heavy (non-hydrogen) atoms. The van der Waals surface area contributed by atoms with Gasteiger partial charge in [-0.05, 0) is 30.3 Å². The molecule has 3 nitrogen and oxygen atoms in total. The number of H-pyrrole nitrogens is 1. The van der Waals surface area contributed by atoms with E-state index in [9.17, 15) is 0 Å². The average Bonchev–Trinajstić information content (AvgIpc) is 2.81. The number of imidazole rings is 1. The minimum Gasteiger partial charge on any atom is -0.338 e. The molecule has 86 valence electrons. The Bertz CT molecular complexity index is 768. The molecule has 0 aliphatic heterocycles. The first kappa shape index (κ1) is 11.0. The van der Waals surface area contributed by atoms with Gasteiger partial charge in [0.25, 0.3) is 0 Å². The van der Waals surface area contributed by atoms with Crippen LogP contribution in [0.5, 0.6) is 0 Å². The van der Waals surface area contributed by atoms with E-state index in [4.69, 9.17) is 5.26 Å². The molecule has 0 amide bonds. The highest BCUT2D eigenvalue weighted by atomic mass is 79.9. The van der Waals surface area contributed by atoms with E-state index < -0.39 is 0 Å². The first-order valence-corrected chi connectivity index (χ1v) is 6.21. The van der Waals surface area contributed by atoms with Crippen molar-refractivity contribution in [2.45, 2.75) is 0 Å². The van der Waals surface area contributed by atoms with Gasteiger partial charge in [0.1, 0.15) is 5.82 Å². The van der Waals surface area contributed by atoms with Crippen molar-refractivity contribution in [3.8, 4) is 17.5 Å². The third-order valence-electron chi connectivity index (χ3n) is 2.71. The van der Waals surface area contributed by atoms with E-state index in [-0.39, 0.29) is 0 Å². The van der Waals surface area contributed by atoms with Gasteiger partial charge in [-0.15, -0.1) is 0 Å². The summed E-state index contributed by atoms with van der Waals surface area (Å²) in [5.74, 6) is 0.807. The van der Waals surface area contributed by atoms with Crippen LogP contribution in [-0.4, -0.2) is 9.97 Å². The summed E-state index contributed by atoms with van der Waals surface area (Å²) in [6.07, 6.45) is 0. The number of hydrogen-bond acceptors (Lipinski definition) is 2. The van der Waals surface area contributed by atoms with Gasteiger partial charge in [-0.3, -0.25) is 0 Å². The summed E-state index contributed by atoms with van der Waals surface area (Å²) in [5.41, 5.74) is 3.39. The molecule has 1 aromatic heterocycles. The monoisotopic (exact) mass is 297 g/mol. The minimum atomic E-state index is 0.631. The van der Waals surface area contributed by atoms with Crippen LogP contribution < -0.4 is 0 Å². The number of fused-ring (bicyclic) bond motifs is 1. The summed E-state index contributed by atoms with van der Waals surface area (Å²) in [6.45, 7) is 0. The van der Waals surface area contributed by atoms with E-state index in [0.717, 1.165) is 26.9 Å². The number of hydrogen-bond donors (Lipinski definition) is 1. The van der Waals surface area contributed by atoms with Crippen LogP contribution in [0.25, 0.3) is 22.4 Å². The molecule has 1 N–H and O–H groups in total. The van der Waals surface area contributed by atoms with Crippen LogP contribution in [0.3, 0.4) is 0 Å². The first-order chi connectivity index (χ1) is 8.76. The minimum absolute atomic E-state index is 0.631. The van der Waals surface area contributed by atoms with E-state index in [1.807, 2.05) is 36.4 Å². The Hall–Kier alpha value is -2.12. The quantitative estimate of drug-likeness (QED) is 0.741. The summed E-state index contributed by atoms with van der Waals surface area (Å²) < 4.78 is 1.01. The van der Waals surface area contributed by atoms with Gasteiger partial charge < -0.3 is 4.98 Å². The third kappa shape index (κ3) is 1.89. The Morgan fingerprint density at radius 3 is 2.83 bits per heavy atom. The molecular weight excluding hydrogens is 290 g/mol. The highest BCUT2D eigenvalue weighted by Gasteiger charge is 2.06. The van der Waals surface area contributed by atoms with Gasteiger partial charge >= 0.3 is 0 Å². The number of halogens is 1. The van der Waals surface area contributed by atoms with Crippen molar-refractivity contribution < 1.29 is 0 Å². The lowest BCUT2D eigenvalue weighted by Gasteiger charge is -1.96. The van der Waals surface area contributed by atoms with Gasteiger partial charge in [-0.25, -0.2) is 4.98 Å². The van der Waals surface area contributed by atoms with Gasteiger partial charge in [-0.2, -0.15) is 5.26 Å². The highest BCUT2D eigenvalue weighted by Crippen LogP contribution is 2.23. The maximum atomic E-state index is 8.87. The van der Waals surface area contributed by atoms with Crippen molar-refractivity contribution in [2.75, 3.05) is 0 Å². The molecule has 1 heterocycles. The number of nitrogens with zero attached hydrogens (tertiary/aromatic N) is 2. The number of nitrogens with one attached hydrogen (secondary N) is 1. The van der Waals surface area contributed by atoms with Crippen molar-refractivity contribution in [1.29, 1.82) is 5.26 Å². The molecule has 0 radical (unpaired) electrons. The molecule has 2 aromatic carbocycles. The molecule has 0 saturated heterocycles. The average molecular weight is 298 g/mol. The Morgan fingerprint density at radius 2 is 2.06 bits per heavy atom. The lowest BCUT2D eigenvalue weighted by Crippen LogP contribution is -1.79. The van der Waals surface area contributed by atoms with Gasteiger partial charge in [-0.1, -0.05) is 28.1 Å². The Morgan fingerprint density at radius 1 is 1.17 bits per heavy atom. The molecular formula is C14H8BrN3. The molecule has 0 saturated carbocycles. The Labute approximate surface area is 112 Å². The standard InChI is InChI=1S/C14H8BrN3/c15-11-3-1-2-10(7-11)14-17-12-5-4-9(8-16)6-13(12)18-14/h1-7H,(H,17,18). The third-order valence-corrected chi connectivity index (χ3v) is 3.20.